The smallest absolute Gasteiger partial charge is 0.119 e. The van der Waals surface area contributed by atoms with Crippen molar-refractivity contribution in [1.82, 2.24) is 5.32 Å². The molecule has 0 spiro atoms. The molecule has 1 unspecified atom stereocenters. The van der Waals surface area contributed by atoms with Gasteiger partial charge >= 0.3 is 0 Å². The van der Waals surface area contributed by atoms with Gasteiger partial charge < -0.3 is 14.8 Å². The summed E-state index contributed by atoms with van der Waals surface area (Å²) in [5.74, 6) is 0.935. The molecule has 1 atom stereocenters. The van der Waals surface area contributed by atoms with Gasteiger partial charge in [0, 0.05) is 19.2 Å². The first-order chi connectivity index (χ1) is 8.22. The molecule has 0 amide bonds. The van der Waals surface area contributed by atoms with Gasteiger partial charge in [0.25, 0.3) is 0 Å². The van der Waals surface area contributed by atoms with Crippen molar-refractivity contribution in [2.75, 3.05) is 26.4 Å². The number of nitrogens with one attached hydrogen (secondary N) is 1. The van der Waals surface area contributed by atoms with Crippen LogP contribution in [0.1, 0.15) is 19.4 Å². The molecule has 0 aliphatic rings. The van der Waals surface area contributed by atoms with E-state index in [0.29, 0.717) is 12.6 Å². The van der Waals surface area contributed by atoms with Crippen molar-refractivity contribution in [3.05, 3.63) is 29.8 Å². The minimum atomic E-state index is 0.371. The minimum Gasteiger partial charge on any atom is -0.492 e. The average molecular weight is 237 g/mol. The van der Waals surface area contributed by atoms with E-state index >= 15 is 0 Å². The van der Waals surface area contributed by atoms with Crippen molar-refractivity contribution < 1.29 is 9.47 Å². The molecule has 0 fully saturated rings. The second kappa shape index (κ2) is 8.09. The molecule has 0 aromatic heterocycles. The zero-order valence-electron chi connectivity index (χ0n) is 11.0. The highest BCUT2D eigenvalue weighted by Crippen LogP contribution is 2.11. The number of rotatable bonds is 8. The standard InChI is InChI=1S/C14H23NO2/c1-4-16-11-13(3)15-8-9-17-14-7-5-6-12(2)10-14/h5-7,10,13,15H,4,8-9,11H2,1-3H3. The van der Waals surface area contributed by atoms with Gasteiger partial charge in [-0.25, -0.2) is 0 Å². The Morgan fingerprint density at radius 3 is 2.88 bits per heavy atom. The highest BCUT2D eigenvalue weighted by atomic mass is 16.5. The Morgan fingerprint density at radius 1 is 1.35 bits per heavy atom. The highest BCUT2D eigenvalue weighted by Gasteiger charge is 2.00. The maximum Gasteiger partial charge on any atom is 0.119 e. The molecule has 0 saturated heterocycles. The molecule has 3 nitrogen and oxygen atoms in total. The lowest BCUT2D eigenvalue weighted by molar-refractivity contribution is 0.126. The lowest BCUT2D eigenvalue weighted by Gasteiger charge is -2.14. The Morgan fingerprint density at radius 2 is 2.18 bits per heavy atom. The lowest BCUT2D eigenvalue weighted by Crippen LogP contribution is -2.33. The summed E-state index contributed by atoms with van der Waals surface area (Å²) in [6.07, 6.45) is 0. The van der Waals surface area contributed by atoms with Gasteiger partial charge in [0.1, 0.15) is 12.4 Å². The van der Waals surface area contributed by atoms with Crippen molar-refractivity contribution in [3.8, 4) is 5.75 Å². The zero-order chi connectivity index (χ0) is 12.5. The van der Waals surface area contributed by atoms with Crippen molar-refractivity contribution >= 4 is 0 Å². The third-order valence-corrected chi connectivity index (χ3v) is 2.43. The van der Waals surface area contributed by atoms with E-state index in [0.717, 1.165) is 25.5 Å². The number of ether oxygens (including phenoxy) is 2. The molecule has 0 bridgehead atoms. The van der Waals surface area contributed by atoms with Gasteiger partial charge in [0.2, 0.25) is 0 Å². The van der Waals surface area contributed by atoms with Crippen molar-refractivity contribution in [3.63, 3.8) is 0 Å². The van der Waals surface area contributed by atoms with E-state index in [2.05, 4.69) is 25.2 Å². The summed E-state index contributed by atoms with van der Waals surface area (Å²) in [5.41, 5.74) is 1.22. The fourth-order valence-electron chi connectivity index (χ4n) is 1.53. The van der Waals surface area contributed by atoms with Gasteiger partial charge in [-0.1, -0.05) is 12.1 Å². The summed E-state index contributed by atoms with van der Waals surface area (Å²) >= 11 is 0. The molecular weight excluding hydrogens is 214 g/mol. The molecule has 3 heteroatoms. The third kappa shape index (κ3) is 6.29. The predicted molar refractivity (Wildman–Crippen MR) is 70.6 cm³/mol. The summed E-state index contributed by atoms with van der Waals surface area (Å²) in [6, 6.07) is 8.47. The van der Waals surface area contributed by atoms with Crippen LogP contribution >= 0.6 is 0 Å². The van der Waals surface area contributed by atoms with E-state index in [9.17, 15) is 0 Å². The molecule has 0 saturated carbocycles. The minimum absolute atomic E-state index is 0.371. The maximum atomic E-state index is 5.64. The highest BCUT2D eigenvalue weighted by molar-refractivity contribution is 5.27. The van der Waals surface area contributed by atoms with Crippen LogP contribution in [0.2, 0.25) is 0 Å². The molecular formula is C14H23NO2. The summed E-state index contributed by atoms with van der Waals surface area (Å²) < 4.78 is 11.0. The summed E-state index contributed by atoms with van der Waals surface area (Å²) in [4.78, 5) is 0. The normalized spacial score (nSPS) is 12.4. The molecule has 17 heavy (non-hydrogen) atoms. The number of hydrogen-bond donors (Lipinski definition) is 1. The van der Waals surface area contributed by atoms with Gasteiger partial charge in [-0.2, -0.15) is 0 Å². The quantitative estimate of drug-likeness (QED) is 0.704. The summed E-state index contributed by atoms with van der Waals surface area (Å²) in [5, 5.41) is 3.35. The van der Waals surface area contributed by atoms with E-state index in [4.69, 9.17) is 9.47 Å². The lowest BCUT2D eigenvalue weighted by atomic mass is 10.2. The summed E-state index contributed by atoms with van der Waals surface area (Å²) in [7, 11) is 0. The Labute approximate surface area is 104 Å². The van der Waals surface area contributed by atoms with Crippen molar-refractivity contribution in [2.24, 2.45) is 0 Å². The van der Waals surface area contributed by atoms with Crippen molar-refractivity contribution in [1.29, 1.82) is 0 Å². The second-order valence-electron chi connectivity index (χ2n) is 4.18. The van der Waals surface area contributed by atoms with Crippen LogP contribution in [0, 0.1) is 6.92 Å². The summed E-state index contributed by atoms with van der Waals surface area (Å²) in [6.45, 7) is 9.22. The number of benzene rings is 1. The van der Waals surface area contributed by atoms with E-state index < -0.39 is 0 Å². The van der Waals surface area contributed by atoms with E-state index in [1.807, 2.05) is 25.1 Å². The van der Waals surface area contributed by atoms with Crippen molar-refractivity contribution in [2.45, 2.75) is 26.8 Å². The van der Waals surface area contributed by atoms with Crippen LogP contribution in [0.25, 0.3) is 0 Å². The molecule has 1 aromatic rings. The fraction of sp³-hybridized carbons (Fsp3) is 0.571. The number of aryl methyl sites for hydroxylation is 1. The molecule has 1 aromatic carbocycles. The Kier molecular flexibility index (Phi) is 6.67. The molecule has 0 radical (unpaired) electrons. The zero-order valence-corrected chi connectivity index (χ0v) is 11.0. The molecule has 96 valence electrons. The average Bonchev–Trinajstić information content (AvgIpc) is 2.32. The van der Waals surface area contributed by atoms with Crippen LogP contribution < -0.4 is 10.1 Å². The van der Waals surface area contributed by atoms with Gasteiger partial charge in [0.15, 0.2) is 0 Å². The van der Waals surface area contributed by atoms with E-state index in [1.54, 1.807) is 0 Å². The third-order valence-electron chi connectivity index (χ3n) is 2.43. The Bertz CT molecular complexity index is 315. The SMILES string of the molecule is CCOCC(C)NCCOc1cccc(C)c1. The first-order valence-corrected chi connectivity index (χ1v) is 6.23. The van der Waals surface area contributed by atoms with Crippen LogP contribution in [0.15, 0.2) is 24.3 Å². The van der Waals surface area contributed by atoms with Crippen LogP contribution in [0.3, 0.4) is 0 Å². The molecule has 1 rings (SSSR count). The van der Waals surface area contributed by atoms with Crippen LogP contribution in [0.4, 0.5) is 0 Å². The largest absolute Gasteiger partial charge is 0.492 e. The van der Waals surface area contributed by atoms with Gasteiger partial charge in [-0.05, 0) is 38.5 Å². The van der Waals surface area contributed by atoms with E-state index in [1.165, 1.54) is 5.56 Å². The number of hydrogen-bond acceptors (Lipinski definition) is 3. The molecule has 0 heterocycles. The molecule has 0 aliphatic heterocycles. The van der Waals surface area contributed by atoms with Gasteiger partial charge in [-0.15, -0.1) is 0 Å². The predicted octanol–water partition coefficient (Wildman–Crippen LogP) is 2.39. The second-order valence-corrected chi connectivity index (χ2v) is 4.18. The Hall–Kier alpha value is -1.06. The monoisotopic (exact) mass is 237 g/mol. The molecule has 1 N–H and O–H groups in total. The van der Waals surface area contributed by atoms with E-state index in [-0.39, 0.29) is 0 Å². The van der Waals surface area contributed by atoms with Crippen LogP contribution in [-0.4, -0.2) is 32.4 Å². The Balaban J connectivity index is 2.11. The first kappa shape index (κ1) is 14.0. The van der Waals surface area contributed by atoms with Gasteiger partial charge in [-0.3, -0.25) is 0 Å². The molecule has 0 aliphatic carbocycles. The van der Waals surface area contributed by atoms with Crippen LogP contribution in [0.5, 0.6) is 5.75 Å². The van der Waals surface area contributed by atoms with Gasteiger partial charge in [0.05, 0.1) is 6.61 Å². The van der Waals surface area contributed by atoms with Crippen LogP contribution in [-0.2, 0) is 4.74 Å². The first-order valence-electron chi connectivity index (χ1n) is 6.23. The topological polar surface area (TPSA) is 30.5 Å². The fourth-order valence-corrected chi connectivity index (χ4v) is 1.53. The maximum absolute atomic E-state index is 5.64.